The molecule has 0 saturated carbocycles. The van der Waals surface area contributed by atoms with Crippen LogP contribution in [0.15, 0.2) is 24.3 Å². The molecule has 0 atom stereocenters. The van der Waals surface area contributed by atoms with Crippen LogP contribution in [-0.2, 0) is 5.54 Å². The molecule has 0 aliphatic carbocycles. The third-order valence-corrected chi connectivity index (χ3v) is 3.25. The van der Waals surface area contributed by atoms with Crippen LogP contribution in [0.1, 0.15) is 39.7 Å². The zero-order valence-corrected chi connectivity index (χ0v) is 12.8. The van der Waals surface area contributed by atoms with Gasteiger partial charge in [0.1, 0.15) is 0 Å². The van der Waals surface area contributed by atoms with Gasteiger partial charge in [0.25, 0.3) is 0 Å². The molecule has 0 aliphatic heterocycles. The van der Waals surface area contributed by atoms with Gasteiger partial charge in [0.05, 0.1) is 5.54 Å². The third-order valence-electron chi connectivity index (χ3n) is 3.00. The molecule has 0 unspecified atom stereocenters. The minimum atomic E-state index is -0.424. The SMILES string of the molecule is CC(C)CCNC(=O)NC(C)(C)c1ccc(Cl)cc1. The van der Waals surface area contributed by atoms with E-state index in [2.05, 4.69) is 24.5 Å². The van der Waals surface area contributed by atoms with Gasteiger partial charge in [-0.3, -0.25) is 0 Å². The molecule has 1 rings (SSSR count). The van der Waals surface area contributed by atoms with E-state index in [4.69, 9.17) is 11.6 Å². The summed E-state index contributed by atoms with van der Waals surface area (Å²) < 4.78 is 0. The minimum absolute atomic E-state index is 0.138. The van der Waals surface area contributed by atoms with Crippen LogP contribution in [0, 0.1) is 5.92 Å². The van der Waals surface area contributed by atoms with Crippen molar-refractivity contribution in [2.75, 3.05) is 6.54 Å². The fourth-order valence-corrected chi connectivity index (χ4v) is 1.87. The van der Waals surface area contributed by atoms with E-state index in [1.165, 1.54) is 0 Å². The third kappa shape index (κ3) is 5.52. The smallest absolute Gasteiger partial charge is 0.315 e. The number of hydrogen-bond donors (Lipinski definition) is 2. The number of rotatable bonds is 5. The summed E-state index contributed by atoms with van der Waals surface area (Å²) in [5.74, 6) is 0.588. The molecule has 0 saturated heterocycles. The Hall–Kier alpha value is -1.22. The van der Waals surface area contributed by atoms with E-state index in [0.29, 0.717) is 17.5 Å². The maximum Gasteiger partial charge on any atom is 0.315 e. The van der Waals surface area contributed by atoms with Crippen molar-refractivity contribution in [3.8, 4) is 0 Å². The van der Waals surface area contributed by atoms with E-state index in [0.717, 1.165) is 12.0 Å². The minimum Gasteiger partial charge on any atom is -0.338 e. The highest BCUT2D eigenvalue weighted by atomic mass is 35.5. The lowest BCUT2D eigenvalue weighted by Crippen LogP contribution is -2.46. The maximum absolute atomic E-state index is 11.8. The van der Waals surface area contributed by atoms with Crippen LogP contribution >= 0.6 is 11.6 Å². The summed E-state index contributed by atoms with van der Waals surface area (Å²) in [6.45, 7) is 8.91. The molecular formula is C15H23ClN2O. The average Bonchev–Trinajstić information content (AvgIpc) is 2.28. The van der Waals surface area contributed by atoms with Crippen molar-refractivity contribution < 1.29 is 4.79 Å². The van der Waals surface area contributed by atoms with Crippen molar-refractivity contribution in [3.05, 3.63) is 34.9 Å². The first kappa shape index (κ1) is 15.8. The van der Waals surface area contributed by atoms with Gasteiger partial charge < -0.3 is 10.6 Å². The van der Waals surface area contributed by atoms with Gasteiger partial charge in [-0.2, -0.15) is 0 Å². The van der Waals surface area contributed by atoms with E-state index in [1.807, 2.05) is 38.1 Å². The van der Waals surface area contributed by atoms with Crippen molar-refractivity contribution in [1.82, 2.24) is 10.6 Å². The highest BCUT2D eigenvalue weighted by molar-refractivity contribution is 6.30. The molecule has 0 aliphatic rings. The lowest BCUT2D eigenvalue weighted by molar-refractivity contribution is 0.229. The van der Waals surface area contributed by atoms with E-state index in [9.17, 15) is 4.79 Å². The fourth-order valence-electron chi connectivity index (χ4n) is 1.74. The molecule has 1 aromatic carbocycles. The summed E-state index contributed by atoms with van der Waals surface area (Å²) in [4.78, 5) is 11.8. The molecule has 3 nitrogen and oxygen atoms in total. The molecule has 19 heavy (non-hydrogen) atoms. The molecule has 2 N–H and O–H groups in total. The highest BCUT2D eigenvalue weighted by Gasteiger charge is 2.22. The molecule has 0 bridgehead atoms. The van der Waals surface area contributed by atoms with Gasteiger partial charge in [-0.1, -0.05) is 37.6 Å². The standard InChI is InChI=1S/C15H23ClN2O/c1-11(2)9-10-17-14(19)18-15(3,4)12-5-7-13(16)8-6-12/h5-8,11H,9-10H2,1-4H3,(H2,17,18,19). The molecule has 1 aromatic rings. The lowest BCUT2D eigenvalue weighted by atomic mass is 9.94. The Morgan fingerprint density at radius 3 is 2.37 bits per heavy atom. The van der Waals surface area contributed by atoms with Crippen molar-refractivity contribution in [3.63, 3.8) is 0 Å². The quantitative estimate of drug-likeness (QED) is 0.844. The molecule has 0 radical (unpaired) electrons. The second-order valence-corrected chi connectivity index (χ2v) is 6.13. The monoisotopic (exact) mass is 282 g/mol. The summed E-state index contributed by atoms with van der Waals surface area (Å²) >= 11 is 5.87. The number of urea groups is 1. The summed E-state index contributed by atoms with van der Waals surface area (Å²) in [5, 5.41) is 6.54. The molecular weight excluding hydrogens is 260 g/mol. The molecule has 0 spiro atoms. The first-order valence-corrected chi connectivity index (χ1v) is 7.01. The van der Waals surface area contributed by atoms with Gasteiger partial charge >= 0.3 is 6.03 Å². The topological polar surface area (TPSA) is 41.1 Å². The molecule has 0 heterocycles. The second kappa shape index (κ2) is 6.80. The predicted molar refractivity (Wildman–Crippen MR) is 80.5 cm³/mol. The first-order chi connectivity index (χ1) is 8.81. The molecule has 2 amide bonds. The van der Waals surface area contributed by atoms with Crippen LogP contribution in [-0.4, -0.2) is 12.6 Å². The van der Waals surface area contributed by atoms with Gasteiger partial charge in [0.15, 0.2) is 0 Å². The Labute approximate surface area is 120 Å². The highest BCUT2D eigenvalue weighted by Crippen LogP contribution is 2.21. The normalized spacial score (nSPS) is 11.5. The average molecular weight is 283 g/mol. The van der Waals surface area contributed by atoms with Crippen molar-refractivity contribution in [2.45, 2.75) is 39.7 Å². The Morgan fingerprint density at radius 1 is 1.26 bits per heavy atom. The van der Waals surface area contributed by atoms with Gasteiger partial charge in [0, 0.05) is 11.6 Å². The number of amides is 2. The summed E-state index contributed by atoms with van der Waals surface area (Å²) in [5.41, 5.74) is 0.600. The van der Waals surface area contributed by atoms with Gasteiger partial charge in [-0.25, -0.2) is 4.79 Å². The Kier molecular flexibility index (Phi) is 5.67. The van der Waals surface area contributed by atoms with Crippen LogP contribution in [0.3, 0.4) is 0 Å². The Balaban J connectivity index is 2.54. The van der Waals surface area contributed by atoms with Crippen LogP contribution in [0.25, 0.3) is 0 Å². The second-order valence-electron chi connectivity index (χ2n) is 5.70. The van der Waals surface area contributed by atoms with Crippen molar-refractivity contribution >= 4 is 17.6 Å². The molecule has 0 aromatic heterocycles. The van der Waals surface area contributed by atoms with Gasteiger partial charge in [-0.05, 0) is 43.9 Å². The maximum atomic E-state index is 11.8. The summed E-state index contributed by atoms with van der Waals surface area (Å²) in [6.07, 6.45) is 0.981. The summed E-state index contributed by atoms with van der Waals surface area (Å²) in [6, 6.07) is 7.38. The van der Waals surface area contributed by atoms with Crippen LogP contribution in [0.4, 0.5) is 4.79 Å². The number of nitrogens with one attached hydrogen (secondary N) is 2. The van der Waals surface area contributed by atoms with Crippen molar-refractivity contribution in [2.24, 2.45) is 5.92 Å². The van der Waals surface area contributed by atoms with Crippen LogP contribution < -0.4 is 10.6 Å². The fraction of sp³-hybridized carbons (Fsp3) is 0.533. The largest absolute Gasteiger partial charge is 0.338 e. The number of hydrogen-bond acceptors (Lipinski definition) is 1. The van der Waals surface area contributed by atoms with Gasteiger partial charge in [-0.15, -0.1) is 0 Å². The predicted octanol–water partition coefficient (Wildman–Crippen LogP) is 3.92. The van der Waals surface area contributed by atoms with Crippen molar-refractivity contribution in [1.29, 1.82) is 0 Å². The van der Waals surface area contributed by atoms with E-state index < -0.39 is 5.54 Å². The number of halogens is 1. The molecule has 4 heteroatoms. The van der Waals surface area contributed by atoms with E-state index in [-0.39, 0.29) is 6.03 Å². The molecule has 106 valence electrons. The number of benzene rings is 1. The van der Waals surface area contributed by atoms with Gasteiger partial charge in [0.2, 0.25) is 0 Å². The number of carbonyl (C=O) groups excluding carboxylic acids is 1. The Bertz CT molecular complexity index is 413. The van der Waals surface area contributed by atoms with Crippen LogP contribution in [0.2, 0.25) is 5.02 Å². The molecule has 0 fully saturated rings. The Morgan fingerprint density at radius 2 is 1.84 bits per heavy atom. The zero-order chi connectivity index (χ0) is 14.5. The van der Waals surface area contributed by atoms with E-state index >= 15 is 0 Å². The number of carbonyl (C=O) groups is 1. The first-order valence-electron chi connectivity index (χ1n) is 6.63. The summed E-state index contributed by atoms with van der Waals surface area (Å²) in [7, 11) is 0. The van der Waals surface area contributed by atoms with E-state index in [1.54, 1.807) is 0 Å². The lowest BCUT2D eigenvalue weighted by Gasteiger charge is -2.27. The van der Waals surface area contributed by atoms with Crippen LogP contribution in [0.5, 0.6) is 0 Å². The zero-order valence-electron chi connectivity index (χ0n) is 12.1.